The number of hydrogen-bond acceptors (Lipinski definition) is 4. The maximum atomic E-state index is 12.6. The fourth-order valence-corrected chi connectivity index (χ4v) is 4.29. The summed E-state index contributed by atoms with van der Waals surface area (Å²) < 4.78 is 38.4. The van der Waals surface area contributed by atoms with Gasteiger partial charge in [-0.25, -0.2) is 13.1 Å². The molecule has 0 saturated heterocycles. The highest BCUT2D eigenvalue weighted by molar-refractivity contribution is 7.93. The fraction of sp³-hybridized carbons (Fsp3) is 0.300. The zero-order chi connectivity index (χ0) is 18.6. The zero-order valence-corrected chi connectivity index (χ0v) is 15.8. The van der Waals surface area contributed by atoms with E-state index in [-0.39, 0.29) is 0 Å². The molecule has 3 rings (SSSR count). The van der Waals surface area contributed by atoms with Crippen LogP contribution in [0.2, 0.25) is 0 Å². The molecule has 1 aliphatic rings. The summed E-state index contributed by atoms with van der Waals surface area (Å²) in [7, 11) is -0.303. The maximum absolute atomic E-state index is 12.6. The molecule has 0 bridgehead atoms. The number of rotatable bonds is 7. The predicted molar refractivity (Wildman–Crippen MR) is 103 cm³/mol. The molecule has 5 nitrogen and oxygen atoms in total. The molecule has 0 aromatic heterocycles. The van der Waals surface area contributed by atoms with E-state index in [0.29, 0.717) is 35.8 Å². The third-order valence-electron chi connectivity index (χ3n) is 4.51. The molecule has 0 amide bonds. The molecule has 6 heteroatoms. The van der Waals surface area contributed by atoms with Gasteiger partial charge < -0.3 is 9.47 Å². The third kappa shape index (κ3) is 4.08. The lowest BCUT2D eigenvalue weighted by Gasteiger charge is -2.17. The summed E-state index contributed by atoms with van der Waals surface area (Å²) in [5, 5.41) is 0. The summed E-state index contributed by atoms with van der Waals surface area (Å²) in [4.78, 5) is 0.448. The summed E-state index contributed by atoms with van der Waals surface area (Å²) >= 11 is 0. The molecular weight excluding hydrogens is 350 g/mol. The van der Waals surface area contributed by atoms with Crippen LogP contribution in [0.25, 0.3) is 6.08 Å². The number of hydrogen-bond donors (Lipinski definition) is 1. The highest BCUT2D eigenvalue weighted by Crippen LogP contribution is 2.28. The monoisotopic (exact) mass is 373 g/mol. The Morgan fingerprint density at radius 1 is 1.00 bits per heavy atom. The van der Waals surface area contributed by atoms with Crippen molar-refractivity contribution < 1.29 is 17.9 Å². The van der Waals surface area contributed by atoms with E-state index in [1.54, 1.807) is 20.3 Å². The van der Waals surface area contributed by atoms with Crippen molar-refractivity contribution in [2.45, 2.75) is 19.3 Å². The number of allylic oxidation sites excluding steroid dienone is 1. The molecule has 0 atom stereocenters. The molecule has 0 heterocycles. The first kappa shape index (κ1) is 18.5. The minimum absolute atomic E-state index is 0.330. The van der Waals surface area contributed by atoms with Crippen LogP contribution in [0.5, 0.6) is 11.5 Å². The van der Waals surface area contributed by atoms with Crippen LogP contribution in [-0.2, 0) is 22.9 Å². The van der Waals surface area contributed by atoms with Gasteiger partial charge in [0.25, 0.3) is 0 Å². The van der Waals surface area contributed by atoms with Crippen molar-refractivity contribution in [1.82, 2.24) is 4.72 Å². The molecule has 1 N–H and O–H groups in total. The second kappa shape index (κ2) is 7.93. The van der Waals surface area contributed by atoms with Crippen LogP contribution >= 0.6 is 0 Å². The molecule has 0 unspecified atom stereocenters. The fourth-order valence-electron chi connectivity index (χ4n) is 3.08. The van der Waals surface area contributed by atoms with Crippen LogP contribution in [0.15, 0.2) is 47.4 Å². The Hall–Kier alpha value is -2.31. The molecule has 2 aromatic rings. The Balaban J connectivity index is 1.65. The van der Waals surface area contributed by atoms with Crippen molar-refractivity contribution in [3.63, 3.8) is 0 Å². The lowest BCUT2D eigenvalue weighted by molar-refractivity contribution is 0.354. The van der Waals surface area contributed by atoms with E-state index in [0.717, 1.165) is 17.5 Å². The molecule has 0 saturated carbocycles. The van der Waals surface area contributed by atoms with Gasteiger partial charge in [-0.05, 0) is 54.2 Å². The van der Waals surface area contributed by atoms with Crippen LogP contribution in [0, 0.1) is 0 Å². The Morgan fingerprint density at radius 2 is 1.77 bits per heavy atom. The van der Waals surface area contributed by atoms with Gasteiger partial charge >= 0.3 is 0 Å². The highest BCUT2D eigenvalue weighted by atomic mass is 32.2. The molecule has 0 fully saturated rings. The Kier molecular flexibility index (Phi) is 5.64. The normalized spacial score (nSPS) is 13.7. The van der Waals surface area contributed by atoms with Gasteiger partial charge in [-0.2, -0.15) is 0 Å². The standard InChI is InChI=1S/C20H23NO4S/c1-24-19-10-7-15(13-20(19)25-2)11-12-21-26(22,23)18-9-8-16-5-3-4-6-17(16)14-18/h3-7,10,13-14,21H,8-9,11-12H2,1-2H3. The predicted octanol–water partition coefficient (Wildman–Crippen LogP) is 3.15. The second-order valence-corrected chi connectivity index (χ2v) is 7.97. The Bertz CT molecular complexity index is 919. The lowest BCUT2D eigenvalue weighted by atomic mass is 9.98. The smallest absolute Gasteiger partial charge is 0.236 e. The number of nitrogens with one attached hydrogen (secondary N) is 1. The first-order chi connectivity index (χ1) is 12.5. The molecule has 1 aliphatic carbocycles. The first-order valence-corrected chi connectivity index (χ1v) is 10.0. The Labute approximate surface area is 154 Å². The number of fused-ring (bicyclic) bond motifs is 1. The Morgan fingerprint density at radius 3 is 2.54 bits per heavy atom. The minimum Gasteiger partial charge on any atom is -0.493 e. The van der Waals surface area contributed by atoms with Crippen LogP contribution < -0.4 is 14.2 Å². The van der Waals surface area contributed by atoms with Crippen molar-refractivity contribution in [2.24, 2.45) is 0 Å². The SMILES string of the molecule is COc1ccc(CCNS(=O)(=O)C2=Cc3ccccc3CC2)cc1OC. The average Bonchev–Trinajstić information content (AvgIpc) is 2.67. The minimum atomic E-state index is -3.47. The molecule has 138 valence electrons. The van der Waals surface area contributed by atoms with Gasteiger partial charge in [-0.1, -0.05) is 30.3 Å². The van der Waals surface area contributed by atoms with Crippen LogP contribution in [-0.4, -0.2) is 29.2 Å². The summed E-state index contributed by atoms with van der Waals surface area (Å²) in [6.45, 7) is 0.330. The number of aryl methyl sites for hydroxylation is 1. The van der Waals surface area contributed by atoms with Crippen LogP contribution in [0.1, 0.15) is 23.1 Å². The van der Waals surface area contributed by atoms with Crippen molar-refractivity contribution in [3.8, 4) is 11.5 Å². The molecule has 2 aromatic carbocycles. The third-order valence-corrected chi connectivity index (χ3v) is 6.11. The number of ether oxygens (including phenoxy) is 2. The number of methoxy groups -OCH3 is 2. The van der Waals surface area contributed by atoms with E-state index in [4.69, 9.17) is 9.47 Å². The zero-order valence-electron chi connectivity index (χ0n) is 15.0. The quantitative estimate of drug-likeness (QED) is 0.810. The van der Waals surface area contributed by atoms with E-state index in [2.05, 4.69) is 4.72 Å². The van der Waals surface area contributed by atoms with Gasteiger partial charge in [-0.15, -0.1) is 0 Å². The van der Waals surface area contributed by atoms with Crippen molar-refractivity contribution >= 4 is 16.1 Å². The van der Waals surface area contributed by atoms with Crippen LogP contribution in [0.4, 0.5) is 0 Å². The summed E-state index contributed by atoms with van der Waals surface area (Å²) in [6, 6.07) is 13.5. The van der Waals surface area contributed by atoms with Crippen molar-refractivity contribution in [2.75, 3.05) is 20.8 Å². The van der Waals surface area contributed by atoms with Crippen molar-refractivity contribution in [3.05, 3.63) is 64.1 Å². The van der Waals surface area contributed by atoms with E-state index in [9.17, 15) is 8.42 Å². The van der Waals surface area contributed by atoms with Gasteiger partial charge in [0.15, 0.2) is 11.5 Å². The maximum Gasteiger partial charge on any atom is 0.236 e. The van der Waals surface area contributed by atoms with Crippen LogP contribution in [0.3, 0.4) is 0 Å². The summed E-state index contributed by atoms with van der Waals surface area (Å²) in [6.07, 6.45) is 3.63. The van der Waals surface area contributed by atoms with Gasteiger partial charge in [0.1, 0.15) is 0 Å². The molecule has 26 heavy (non-hydrogen) atoms. The molecule has 0 spiro atoms. The number of benzene rings is 2. The largest absolute Gasteiger partial charge is 0.493 e. The van der Waals surface area contributed by atoms with Crippen molar-refractivity contribution in [1.29, 1.82) is 0 Å². The number of sulfonamides is 1. The van der Waals surface area contributed by atoms with Gasteiger partial charge in [0.2, 0.25) is 10.0 Å². The van der Waals surface area contributed by atoms with E-state index >= 15 is 0 Å². The first-order valence-electron chi connectivity index (χ1n) is 8.52. The van der Waals surface area contributed by atoms with E-state index in [1.165, 1.54) is 5.56 Å². The summed E-state index contributed by atoms with van der Waals surface area (Å²) in [5.74, 6) is 1.29. The van der Waals surface area contributed by atoms with E-state index in [1.807, 2.05) is 42.5 Å². The van der Waals surface area contributed by atoms with E-state index < -0.39 is 10.0 Å². The molecule has 0 aliphatic heterocycles. The highest BCUT2D eigenvalue weighted by Gasteiger charge is 2.21. The van der Waals surface area contributed by atoms with Gasteiger partial charge in [-0.3, -0.25) is 0 Å². The topological polar surface area (TPSA) is 64.6 Å². The summed E-state index contributed by atoms with van der Waals surface area (Å²) in [5.41, 5.74) is 3.16. The van der Waals surface area contributed by atoms with Gasteiger partial charge in [0, 0.05) is 6.54 Å². The van der Waals surface area contributed by atoms with Gasteiger partial charge in [0.05, 0.1) is 19.1 Å². The second-order valence-electron chi connectivity index (χ2n) is 6.15. The average molecular weight is 373 g/mol. The molecular formula is C20H23NO4S. The molecule has 0 radical (unpaired) electrons. The lowest BCUT2D eigenvalue weighted by Crippen LogP contribution is -2.28.